The maximum atomic E-state index is 9.98. The molecule has 0 aliphatic rings. The highest BCUT2D eigenvalue weighted by Gasteiger charge is 2.11. The second-order valence-electron chi connectivity index (χ2n) is 3.94. The van der Waals surface area contributed by atoms with E-state index >= 15 is 0 Å². The fourth-order valence-electron chi connectivity index (χ4n) is 1.92. The molecule has 0 heterocycles. The van der Waals surface area contributed by atoms with Gasteiger partial charge in [-0.3, -0.25) is 5.21 Å². The van der Waals surface area contributed by atoms with Gasteiger partial charge in [0.15, 0.2) is 6.54 Å². The Morgan fingerprint density at radius 1 is 1.28 bits per heavy atom. The molecule has 0 aliphatic carbocycles. The van der Waals surface area contributed by atoms with E-state index in [1.54, 1.807) is 31.5 Å². The number of ether oxygens (including phenoxy) is 1. The zero-order valence-corrected chi connectivity index (χ0v) is 10.4. The van der Waals surface area contributed by atoms with Crippen LogP contribution >= 0.6 is 0 Å². The molecule has 0 bridgehead atoms. The Morgan fingerprint density at radius 3 is 2.72 bits per heavy atom. The van der Waals surface area contributed by atoms with E-state index in [2.05, 4.69) is 0 Å². The molecule has 4 nitrogen and oxygen atoms in total. The van der Waals surface area contributed by atoms with Gasteiger partial charge in [0.2, 0.25) is 6.21 Å². The van der Waals surface area contributed by atoms with Crippen LogP contribution in [0.1, 0.15) is 12.5 Å². The third-order valence-corrected chi connectivity index (χ3v) is 2.84. The number of aromatic hydroxyl groups is 1. The Bertz CT molecular complexity index is 605. The Morgan fingerprint density at radius 2 is 2.06 bits per heavy atom. The Kier molecular flexibility index (Phi) is 3.37. The second kappa shape index (κ2) is 4.96. The van der Waals surface area contributed by atoms with Gasteiger partial charge in [-0.05, 0) is 29.9 Å². The summed E-state index contributed by atoms with van der Waals surface area (Å²) in [5.41, 5.74) is 0.744. The highest BCUT2D eigenvalue weighted by atomic mass is 16.5. The van der Waals surface area contributed by atoms with Crippen LogP contribution in [0.2, 0.25) is 0 Å². The van der Waals surface area contributed by atoms with Crippen molar-refractivity contribution in [2.24, 2.45) is 0 Å². The van der Waals surface area contributed by atoms with Crippen molar-refractivity contribution in [2.45, 2.75) is 6.92 Å². The van der Waals surface area contributed by atoms with Crippen LogP contribution in [0.25, 0.3) is 10.8 Å². The molecule has 2 rings (SSSR count). The third-order valence-electron chi connectivity index (χ3n) is 2.84. The number of hydrogen-bond donors (Lipinski definition) is 2. The minimum Gasteiger partial charge on any atom is -0.507 e. The van der Waals surface area contributed by atoms with E-state index in [4.69, 9.17) is 4.74 Å². The van der Waals surface area contributed by atoms with Crippen LogP contribution in [-0.2, 0) is 0 Å². The first kappa shape index (κ1) is 12.2. The van der Waals surface area contributed by atoms with Gasteiger partial charge in [-0.1, -0.05) is 12.1 Å². The Hall–Kier alpha value is -2.23. The van der Waals surface area contributed by atoms with Gasteiger partial charge in [0.1, 0.15) is 11.5 Å². The van der Waals surface area contributed by atoms with Crippen molar-refractivity contribution in [3.8, 4) is 11.5 Å². The summed E-state index contributed by atoms with van der Waals surface area (Å²) < 4.78 is 6.34. The summed E-state index contributed by atoms with van der Waals surface area (Å²) in [7, 11) is 1.59. The van der Waals surface area contributed by atoms with Crippen LogP contribution in [0, 0.1) is 0 Å². The molecule has 0 unspecified atom stereocenters. The molecule has 18 heavy (non-hydrogen) atoms. The molecule has 0 aliphatic heterocycles. The van der Waals surface area contributed by atoms with E-state index in [1.165, 1.54) is 0 Å². The van der Waals surface area contributed by atoms with Crippen LogP contribution in [0.5, 0.6) is 11.5 Å². The number of methoxy groups -OCH3 is 1. The average Bonchev–Trinajstić information content (AvgIpc) is 2.39. The minimum absolute atomic E-state index is 0.169. The van der Waals surface area contributed by atoms with Crippen molar-refractivity contribution in [2.75, 3.05) is 13.7 Å². The molecular formula is C14H16NO3+. The van der Waals surface area contributed by atoms with E-state index in [0.717, 1.165) is 15.7 Å². The lowest BCUT2D eigenvalue weighted by Crippen LogP contribution is -2.07. The normalized spacial score (nSPS) is 11.8. The first-order chi connectivity index (χ1) is 8.67. The summed E-state index contributed by atoms with van der Waals surface area (Å²) >= 11 is 0. The number of phenolic OH excluding ortho intramolecular Hbond substituents is 1. The molecule has 0 radical (unpaired) electrons. The van der Waals surface area contributed by atoms with Crippen molar-refractivity contribution in [3.63, 3.8) is 0 Å². The van der Waals surface area contributed by atoms with Crippen molar-refractivity contribution in [1.82, 2.24) is 0 Å². The molecule has 2 aromatic carbocycles. The van der Waals surface area contributed by atoms with E-state index < -0.39 is 0 Å². The lowest BCUT2D eigenvalue weighted by atomic mass is 10.0. The molecule has 0 saturated carbocycles. The predicted molar refractivity (Wildman–Crippen MR) is 69.9 cm³/mol. The number of hydroxylamine groups is 1. The molecule has 2 N–H and O–H groups in total. The topological polar surface area (TPSA) is 52.7 Å². The lowest BCUT2D eigenvalue weighted by Gasteiger charge is -2.08. The average molecular weight is 246 g/mol. The molecule has 0 saturated heterocycles. The van der Waals surface area contributed by atoms with Gasteiger partial charge in [0.25, 0.3) is 0 Å². The maximum Gasteiger partial charge on any atom is 0.223 e. The van der Waals surface area contributed by atoms with Gasteiger partial charge in [-0.2, -0.15) is 0 Å². The number of phenols is 1. The van der Waals surface area contributed by atoms with Crippen LogP contribution < -0.4 is 4.74 Å². The van der Waals surface area contributed by atoms with Crippen molar-refractivity contribution in [3.05, 3.63) is 35.9 Å². The Labute approximate surface area is 105 Å². The monoisotopic (exact) mass is 246 g/mol. The van der Waals surface area contributed by atoms with Crippen molar-refractivity contribution in [1.29, 1.82) is 0 Å². The van der Waals surface area contributed by atoms with Crippen LogP contribution in [0.4, 0.5) is 0 Å². The molecule has 0 aromatic heterocycles. The predicted octanol–water partition coefficient (Wildman–Crippen LogP) is 2.39. The molecule has 0 amide bonds. The molecular weight excluding hydrogens is 230 g/mol. The number of hydrogen-bond acceptors (Lipinski definition) is 3. The first-order valence-electron chi connectivity index (χ1n) is 5.76. The highest BCUT2D eigenvalue weighted by Crippen LogP contribution is 2.33. The Balaban J connectivity index is 2.76. The SMILES string of the molecule is CC/[N+](O)=C/c1ccc(OC)c2cccc(O)c12. The summed E-state index contributed by atoms with van der Waals surface area (Å²) in [5, 5.41) is 21.0. The highest BCUT2D eigenvalue weighted by molar-refractivity contribution is 6.04. The van der Waals surface area contributed by atoms with Crippen molar-refractivity contribution < 1.29 is 19.8 Å². The number of rotatable bonds is 3. The third kappa shape index (κ3) is 2.09. The van der Waals surface area contributed by atoms with Crippen molar-refractivity contribution >= 4 is 17.0 Å². The van der Waals surface area contributed by atoms with E-state index in [-0.39, 0.29) is 5.75 Å². The van der Waals surface area contributed by atoms with E-state index in [9.17, 15) is 10.3 Å². The fourth-order valence-corrected chi connectivity index (χ4v) is 1.92. The van der Waals surface area contributed by atoms with Gasteiger partial charge < -0.3 is 9.84 Å². The van der Waals surface area contributed by atoms with Crippen LogP contribution in [-0.4, -0.2) is 34.9 Å². The second-order valence-corrected chi connectivity index (χ2v) is 3.94. The molecule has 0 atom stereocenters. The van der Waals surface area contributed by atoms with Gasteiger partial charge in [0, 0.05) is 10.8 Å². The number of fused-ring (bicyclic) bond motifs is 1. The molecule has 2 aromatic rings. The molecule has 0 fully saturated rings. The smallest absolute Gasteiger partial charge is 0.223 e. The van der Waals surface area contributed by atoms with Crippen LogP contribution in [0.15, 0.2) is 30.3 Å². The summed E-state index contributed by atoms with van der Waals surface area (Å²) in [6.07, 6.45) is 1.58. The first-order valence-corrected chi connectivity index (χ1v) is 5.76. The fraction of sp³-hybridized carbons (Fsp3) is 0.214. The van der Waals surface area contributed by atoms with E-state index in [0.29, 0.717) is 17.7 Å². The number of benzene rings is 2. The molecule has 4 heteroatoms. The summed E-state index contributed by atoms with van der Waals surface area (Å²) in [4.78, 5) is 0. The maximum absolute atomic E-state index is 9.98. The lowest BCUT2D eigenvalue weighted by molar-refractivity contribution is -0.768. The zero-order chi connectivity index (χ0) is 13.1. The van der Waals surface area contributed by atoms with Gasteiger partial charge in [0.05, 0.1) is 12.7 Å². The largest absolute Gasteiger partial charge is 0.507 e. The summed E-state index contributed by atoms with van der Waals surface area (Å²) in [6.45, 7) is 2.31. The van der Waals surface area contributed by atoms with Gasteiger partial charge in [-0.15, -0.1) is 0 Å². The zero-order valence-electron chi connectivity index (χ0n) is 10.4. The number of nitrogens with zero attached hydrogens (tertiary/aromatic N) is 1. The van der Waals surface area contributed by atoms with Gasteiger partial charge >= 0.3 is 0 Å². The molecule has 0 spiro atoms. The molecule has 94 valence electrons. The van der Waals surface area contributed by atoms with E-state index in [1.807, 2.05) is 19.1 Å². The quantitative estimate of drug-likeness (QED) is 0.378. The standard InChI is InChI=1S/C14H15NO3/c1-3-15(17)9-10-7-8-13(18-2)11-5-4-6-12(16)14(10)11/h4-9H,3H2,1-2H3,(H-,16,17)/p+1/b15-9-. The summed E-state index contributed by atoms with van der Waals surface area (Å²) in [5.74, 6) is 0.862. The minimum atomic E-state index is 0.169. The van der Waals surface area contributed by atoms with Crippen LogP contribution in [0.3, 0.4) is 0 Å². The van der Waals surface area contributed by atoms with Gasteiger partial charge in [-0.25, -0.2) is 0 Å². The summed E-state index contributed by atoms with van der Waals surface area (Å²) in [6, 6.07) is 8.88.